The number of hydrogen-bond acceptors (Lipinski definition) is 3. The first-order valence-corrected chi connectivity index (χ1v) is 8.97. The molecule has 0 saturated heterocycles. The Labute approximate surface area is 165 Å². The molecule has 1 aliphatic rings. The van der Waals surface area contributed by atoms with Crippen molar-refractivity contribution in [3.05, 3.63) is 101 Å². The number of halogens is 3. The maximum Gasteiger partial charge on any atom is 0.416 e. The molecule has 146 valence electrons. The summed E-state index contributed by atoms with van der Waals surface area (Å²) < 4.78 is 39.3. The summed E-state index contributed by atoms with van der Waals surface area (Å²) in [5, 5.41) is 5.76. The van der Waals surface area contributed by atoms with Crippen molar-refractivity contribution in [3.8, 4) is 0 Å². The molecule has 1 atom stereocenters. The molecule has 1 aromatic heterocycles. The van der Waals surface area contributed by atoms with Gasteiger partial charge in [-0.15, -0.1) is 0 Å². The average molecular weight is 395 g/mol. The van der Waals surface area contributed by atoms with E-state index in [2.05, 4.69) is 10.1 Å². The lowest BCUT2D eigenvalue weighted by molar-refractivity contribution is -0.137. The van der Waals surface area contributed by atoms with Crippen molar-refractivity contribution in [1.82, 2.24) is 9.99 Å². The van der Waals surface area contributed by atoms with Gasteiger partial charge in [0.25, 0.3) is 5.91 Å². The lowest BCUT2D eigenvalue weighted by Crippen LogP contribution is -2.27. The van der Waals surface area contributed by atoms with Crippen molar-refractivity contribution in [2.24, 2.45) is 5.10 Å². The minimum absolute atomic E-state index is 0.297. The number of aromatic nitrogens is 1. The third-order valence-electron chi connectivity index (χ3n) is 4.73. The molecule has 0 aliphatic carbocycles. The van der Waals surface area contributed by atoms with E-state index in [9.17, 15) is 18.0 Å². The minimum atomic E-state index is -4.45. The van der Waals surface area contributed by atoms with Gasteiger partial charge in [-0.3, -0.25) is 9.78 Å². The zero-order valence-corrected chi connectivity index (χ0v) is 15.2. The number of nitrogens with zero attached hydrogens (tertiary/aromatic N) is 3. The van der Waals surface area contributed by atoms with E-state index in [-0.39, 0.29) is 5.91 Å². The Morgan fingerprint density at radius 1 is 1.00 bits per heavy atom. The maximum atomic E-state index is 13.1. The first-order chi connectivity index (χ1) is 13.9. The molecule has 1 unspecified atom stereocenters. The second-order valence-corrected chi connectivity index (χ2v) is 6.65. The molecule has 0 spiro atoms. The van der Waals surface area contributed by atoms with Gasteiger partial charge in [0.2, 0.25) is 0 Å². The van der Waals surface area contributed by atoms with Gasteiger partial charge in [0.15, 0.2) is 0 Å². The van der Waals surface area contributed by atoms with E-state index in [0.29, 0.717) is 23.3 Å². The number of benzene rings is 2. The summed E-state index contributed by atoms with van der Waals surface area (Å²) in [5.41, 5.74) is 1.24. The van der Waals surface area contributed by atoms with Crippen molar-refractivity contribution in [1.29, 1.82) is 0 Å². The Kier molecular flexibility index (Phi) is 4.88. The highest BCUT2D eigenvalue weighted by atomic mass is 19.4. The fraction of sp³-hybridized carbons (Fsp3) is 0.136. The van der Waals surface area contributed by atoms with Crippen LogP contribution in [0.2, 0.25) is 0 Å². The molecule has 7 heteroatoms. The van der Waals surface area contributed by atoms with Crippen LogP contribution in [0.5, 0.6) is 0 Å². The number of hydrogen-bond donors (Lipinski definition) is 0. The van der Waals surface area contributed by atoms with Crippen LogP contribution in [0.4, 0.5) is 13.2 Å². The fourth-order valence-electron chi connectivity index (χ4n) is 3.29. The largest absolute Gasteiger partial charge is 0.416 e. The fourth-order valence-corrected chi connectivity index (χ4v) is 3.29. The third kappa shape index (κ3) is 3.89. The van der Waals surface area contributed by atoms with Crippen LogP contribution < -0.4 is 0 Å². The quantitative estimate of drug-likeness (QED) is 0.620. The van der Waals surface area contributed by atoms with Gasteiger partial charge in [-0.05, 0) is 41.5 Å². The van der Waals surface area contributed by atoms with Crippen molar-refractivity contribution >= 4 is 11.6 Å². The molecule has 29 heavy (non-hydrogen) atoms. The zero-order valence-electron chi connectivity index (χ0n) is 15.2. The smallest absolute Gasteiger partial charge is 0.267 e. The van der Waals surface area contributed by atoms with Gasteiger partial charge >= 0.3 is 6.18 Å². The molecule has 4 nitrogen and oxygen atoms in total. The molecule has 0 saturated carbocycles. The zero-order chi connectivity index (χ0) is 20.4. The van der Waals surface area contributed by atoms with Crippen LogP contribution in [0.15, 0.2) is 84.2 Å². The van der Waals surface area contributed by atoms with Gasteiger partial charge in [0.1, 0.15) is 0 Å². The van der Waals surface area contributed by atoms with Crippen LogP contribution in [0.3, 0.4) is 0 Å². The molecule has 0 N–H and O–H groups in total. The Morgan fingerprint density at radius 3 is 2.48 bits per heavy atom. The molecule has 1 aliphatic heterocycles. The van der Waals surface area contributed by atoms with E-state index in [0.717, 1.165) is 17.7 Å². The minimum Gasteiger partial charge on any atom is -0.267 e. The number of hydrazone groups is 1. The Balaban J connectivity index is 1.74. The Bertz CT molecular complexity index is 1050. The number of pyridine rings is 1. The molecule has 0 bridgehead atoms. The van der Waals surface area contributed by atoms with E-state index < -0.39 is 17.8 Å². The van der Waals surface area contributed by atoms with Gasteiger partial charge in [0.05, 0.1) is 17.3 Å². The number of carbonyl (C=O) groups is 1. The van der Waals surface area contributed by atoms with Crippen LogP contribution in [-0.4, -0.2) is 21.6 Å². The molecule has 0 fully saturated rings. The highest BCUT2D eigenvalue weighted by Gasteiger charge is 2.35. The van der Waals surface area contributed by atoms with Crippen molar-refractivity contribution in [2.75, 3.05) is 0 Å². The summed E-state index contributed by atoms with van der Waals surface area (Å²) in [5.74, 6) is -0.318. The van der Waals surface area contributed by atoms with Crippen LogP contribution in [0, 0.1) is 0 Å². The van der Waals surface area contributed by atoms with Crippen LogP contribution in [-0.2, 0) is 6.18 Å². The van der Waals surface area contributed by atoms with E-state index in [1.54, 1.807) is 54.9 Å². The maximum absolute atomic E-state index is 13.1. The standard InChI is InChI=1S/C22H16F3N3O/c23-22(24,25)18-10-4-8-16(12-18)19-13-20(17-9-5-11-26-14-17)28(27-19)21(29)15-6-2-1-3-7-15/h1-12,14,20H,13H2. The molecule has 1 amide bonds. The summed E-state index contributed by atoms with van der Waals surface area (Å²) in [6.07, 6.45) is -0.889. The summed E-state index contributed by atoms with van der Waals surface area (Å²) in [6.45, 7) is 0. The van der Waals surface area contributed by atoms with E-state index in [1.807, 2.05) is 6.07 Å². The van der Waals surface area contributed by atoms with Gasteiger partial charge in [-0.2, -0.15) is 18.3 Å². The van der Waals surface area contributed by atoms with Crippen LogP contribution in [0.25, 0.3) is 0 Å². The summed E-state index contributed by atoms with van der Waals surface area (Å²) in [7, 11) is 0. The van der Waals surface area contributed by atoms with E-state index in [1.165, 1.54) is 11.1 Å². The van der Waals surface area contributed by atoms with Gasteiger partial charge in [0, 0.05) is 24.4 Å². The second kappa shape index (κ2) is 7.50. The third-order valence-corrected chi connectivity index (χ3v) is 4.73. The summed E-state index contributed by atoms with van der Waals surface area (Å²) in [4.78, 5) is 17.2. The molecular weight excluding hydrogens is 379 g/mol. The van der Waals surface area contributed by atoms with Crippen LogP contribution in [0.1, 0.15) is 39.5 Å². The number of carbonyl (C=O) groups excluding carboxylic acids is 1. The predicted octanol–water partition coefficient (Wildman–Crippen LogP) is 5.09. The Morgan fingerprint density at radius 2 is 1.79 bits per heavy atom. The monoisotopic (exact) mass is 395 g/mol. The van der Waals surface area contributed by atoms with Gasteiger partial charge in [-0.25, -0.2) is 5.01 Å². The number of alkyl halides is 3. The Hall–Kier alpha value is -3.48. The predicted molar refractivity (Wildman–Crippen MR) is 102 cm³/mol. The number of rotatable bonds is 3. The highest BCUT2D eigenvalue weighted by Crippen LogP contribution is 2.35. The lowest BCUT2D eigenvalue weighted by Gasteiger charge is -2.21. The molecular formula is C22H16F3N3O. The van der Waals surface area contributed by atoms with E-state index in [4.69, 9.17) is 0 Å². The molecule has 4 rings (SSSR count). The molecule has 3 aromatic rings. The SMILES string of the molecule is O=C(c1ccccc1)N1N=C(c2cccc(C(F)(F)F)c2)CC1c1cccnc1. The van der Waals surface area contributed by atoms with E-state index >= 15 is 0 Å². The molecule has 0 radical (unpaired) electrons. The van der Waals surface area contributed by atoms with Crippen molar-refractivity contribution in [3.63, 3.8) is 0 Å². The molecule has 2 aromatic carbocycles. The number of amides is 1. The first-order valence-electron chi connectivity index (χ1n) is 8.97. The lowest BCUT2D eigenvalue weighted by atomic mass is 9.98. The average Bonchev–Trinajstić information content (AvgIpc) is 3.19. The second-order valence-electron chi connectivity index (χ2n) is 6.65. The summed E-state index contributed by atoms with van der Waals surface area (Å²) >= 11 is 0. The normalized spacial score (nSPS) is 16.6. The van der Waals surface area contributed by atoms with Gasteiger partial charge < -0.3 is 0 Å². The van der Waals surface area contributed by atoms with Crippen molar-refractivity contribution < 1.29 is 18.0 Å². The highest BCUT2D eigenvalue weighted by molar-refractivity contribution is 6.05. The van der Waals surface area contributed by atoms with Gasteiger partial charge in [-0.1, -0.05) is 36.4 Å². The topological polar surface area (TPSA) is 45.6 Å². The molecule has 2 heterocycles. The summed E-state index contributed by atoms with van der Waals surface area (Å²) in [6, 6.07) is 16.8. The van der Waals surface area contributed by atoms with Crippen LogP contribution >= 0.6 is 0 Å². The first kappa shape index (κ1) is 18.9. The van der Waals surface area contributed by atoms with Crippen molar-refractivity contribution in [2.45, 2.75) is 18.6 Å².